The summed E-state index contributed by atoms with van der Waals surface area (Å²) in [6.45, 7) is 3.26. The van der Waals surface area contributed by atoms with Gasteiger partial charge in [-0.05, 0) is 30.7 Å². The lowest BCUT2D eigenvalue weighted by atomic mass is 10.1. The maximum Gasteiger partial charge on any atom is 0.230 e. The van der Waals surface area contributed by atoms with Crippen LogP contribution in [0.25, 0.3) is 11.4 Å². The summed E-state index contributed by atoms with van der Waals surface area (Å²) in [6, 6.07) is 15.6. The van der Waals surface area contributed by atoms with Crippen molar-refractivity contribution in [2.45, 2.75) is 24.5 Å². The number of fused-ring (bicyclic) bond motifs is 1. The van der Waals surface area contributed by atoms with Gasteiger partial charge in [0.2, 0.25) is 5.91 Å². The maximum atomic E-state index is 12.4. The lowest BCUT2D eigenvalue weighted by Gasteiger charge is -2.14. The molecule has 0 radical (unpaired) electrons. The van der Waals surface area contributed by atoms with Crippen LogP contribution in [0.1, 0.15) is 24.9 Å². The molecule has 30 heavy (non-hydrogen) atoms. The first-order valence-corrected chi connectivity index (χ1v) is 10.9. The molecule has 3 aromatic rings. The first-order valence-electron chi connectivity index (χ1n) is 9.88. The Morgan fingerprint density at radius 3 is 2.70 bits per heavy atom. The average molecular weight is 425 g/mol. The number of amides is 1. The number of hydrogen-bond acceptors (Lipinski definition) is 6. The lowest BCUT2D eigenvalue weighted by molar-refractivity contribution is -0.119. The lowest BCUT2D eigenvalue weighted by Crippen LogP contribution is -2.28. The van der Waals surface area contributed by atoms with E-state index in [-0.39, 0.29) is 17.7 Å². The molecular weight excluding hydrogens is 400 g/mol. The van der Waals surface area contributed by atoms with Crippen LogP contribution in [-0.2, 0) is 11.8 Å². The highest BCUT2D eigenvalue weighted by molar-refractivity contribution is 7.99. The third kappa shape index (κ3) is 4.59. The number of nitrogens with one attached hydrogen (secondary N) is 1. The highest BCUT2D eigenvalue weighted by Gasteiger charge is 2.17. The van der Waals surface area contributed by atoms with Gasteiger partial charge in [-0.1, -0.05) is 42.1 Å². The minimum atomic E-state index is -0.0452. The van der Waals surface area contributed by atoms with Crippen LogP contribution in [0, 0.1) is 0 Å². The monoisotopic (exact) mass is 424 g/mol. The average Bonchev–Trinajstić information content (AvgIpc) is 2.97. The Morgan fingerprint density at radius 1 is 1.13 bits per heavy atom. The molecule has 0 saturated heterocycles. The van der Waals surface area contributed by atoms with Crippen LogP contribution in [0.3, 0.4) is 0 Å². The molecule has 8 heteroatoms. The molecule has 1 aliphatic rings. The highest BCUT2D eigenvalue weighted by atomic mass is 32.2. The van der Waals surface area contributed by atoms with E-state index >= 15 is 0 Å². The third-order valence-corrected chi connectivity index (χ3v) is 5.87. The molecule has 0 aliphatic carbocycles. The molecule has 2 aromatic carbocycles. The fraction of sp³-hybridized carbons (Fsp3) is 0.318. The van der Waals surface area contributed by atoms with Crippen LogP contribution >= 0.6 is 11.8 Å². The Labute approximate surface area is 179 Å². The minimum absolute atomic E-state index is 0.0449. The molecule has 156 valence electrons. The number of carbonyl (C=O) groups is 1. The summed E-state index contributed by atoms with van der Waals surface area (Å²) in [5.74, 6) is 2.40. The zero-order valence-electron chi connectivity index (χ0n) is 17.0. The number of rotatable bonds is 6. The Bertz CT molecular complexity index is 1020. The topological polar surface area (TPSA) is 78.3 Å². The fourth-order valence-corrected chi connectivity index (χ4v) is 3.95. The van der Waals surface area contributed by atoms with Crippen molar-refractivity contribution < 1.29 is 14.3 Å². The van der Waals surface area contributed by atoms with Gasteiger partial charge in [0, 0.05) is 19.0 Å². The van der Waals surface area contributed by atoms with Crippen LogP contribution in [0.5, 0.6) is 11.5 Å². The van der Waals surface area contributed by atoms with Crippen molar-refractivity contribution in [3.8, 4) is 22.9 Å². The molecule has 1 amide bonds. The molecule has 7 nitrogen and oxygen atoms in total. The number of aromatic nitrogens is 3. The Hall–Kier alpha value is -3.00. The fourth-order valence-electron chi connectivity index (χ4n) is 3.23. The molecule has 1 unspecified atom stereocenters. The SMILES string of the molecule is CC(NC(=O)CSc1nnc(-c2ccc3c(c2)OCCCO3)n1C)c1ccccc1. The van der Waals surface area contributed by atoms with Crippen molar-refractivity contribution in [2.75, 3.05) is 19.0 Å². The van der Waals surface area contributed by atoms with Gasteiger partial charge in [0.1, 0.15) is 0 Å². The van der Waals surface area contributed by atoms with Crippen molar-refractivity contribution >= 4 is 17.7 Å². The number of carbonyl (C=O) groups excluding carboxylic acids is 1. The molecule has 4 rings (SSSR count). The van der Waals surface area contributed by atoms with E-state index in [0.29, 0.717) is 24.2 Å². The van der Waals surface area contributed by atoms with Gasteiger partial charge in [-0.3, -0.25) is 4.79 Å². The summed E-state index contributed by atoms with van der Waals surface area (Å²) in [4.78, 5) is 12.4. The van der Waals surface area contributed by atoms with Crippen LogP contribution in [0.4, 0.5) is 0 Å². The molecule has 0 bridgehead atoms. The summed E-state index contributed by atoms with van der Waals surface area (Å²) in [5.41, 5.74) is 1.97. The predicted octanol–water partition coefficient (Wildman–Crippen LogP) is 3.61. The van der Waals surface area contributed by atoms with Gasteiger partial charge >= 0.3 is 0 Å². The zero-order chi connectivity index (χ0) is 20.9. The number of ether oxygens (including phenoxy) is 2. The van der Waals surface area contributed by atoms with Gasteiger partial charge in [-0.15, -0.1) is 10.2 Å². The predicted molar refractivity (Wildman–Crippen MR) is 116 cm³/mol. The first kappa shape index (κ1) is 20.3. The van der Waals surface area contributed by atoms with Crippen LogP contribution in [0.15, 0.2) is 53.7 Å². The van der Waals surface area contributed by atoms with E-state index < -0.39 is 0 Å². The van der Waals surface area contributed by atoms with E-state index in [2.05, 4.69) is 15.5 Å². The maximum absolute atomic E-state index is 12.4. The van der Waals surface area contributed by atoms with Crippen molar-refractivity contribution in [2.24, 2.45) is 7.05 Å². The van der Waals surface area contributed by atoms with E-state index in [1.165, 1.54) is 11.8 Å². The van der Waals surface area contributed by atoms with E-state index in [9.17, 15) is 4.79 Å². The summed E-state index contributed by atoms with van der Waals surface area (Å²) in [5, 5.41) is 12.3. The number of benzene rings is 2. The van der Waals surface area contributed by atoms with Gasteiger partial charge in [0.05, 0.1) is 25.0 Å². The quantitative estimate of drug-likeness (QED) is 0.609. The van der Waals surface area contributed by atoms with Gasteiger partial charge in [0.25, 0.3) is 0 Å². The molecule has 1 atom stereocenters. The Balaban J connectivity index is 1.40. The number of hydrogen-bond donors (Lipinski definition) is 1. The number of nitrogens with zero attached hydrogens (tertiary/aromatic N) is 3. The molecule has 0 fully saturated rings. The molecule has 1 aliphatic heterocycles. The smallest absolute Gasteiger partial charge is 0.230 e. The molecular formula is C22H24N4O3S. The molecule has 2 heterocycles. The third-order valence-electron chi connectivity index (χ3n) is 4.85. The second kappa shape index (κ2) is 9.21. The van der Waals surface area contributed by atoms with E-state index in [1.807, 2.05) is 67.1 Å². The Kier molecular flexibility index (Phi) is 6.23. The van der Waals surface area contributed by atoms with Crippen molar-refractivity contribution in [3.63, 3.8) is 0 Å². The Morgan fingerprint density at radius 2 is 1.90 bits per heavy atom. The van der Waals surface area contributed by atoms with Crippen molar-refractivity contribution in [1.29, 1.82) is 0 Å². The summed E-state index contributed by atoms with van der Waals surface area (Å²) >= 11 is 1.36. The summed E-state index contributed by atoms with van der Waals surface area (Å²) < 4.78 is 13.3. The minimum Gasteiger partial charge on any atom is -0.490 e. The van der Waals surface area contributed by atoms with Crippen LogP contribution in [0.2, 0.25) is 0 Å². The first-order chi connectivity index (χ1) is 14.6. The standard InChI is InChI=1S/C22H24N4O3S/c1-15(16-7-4-3-5-8-16)23-20(27)14-30-22-25-24-21(26(22)2)17-9-10-18-19(13-17)29-12-6-11-28-18/h3-5,7-10,13,15H,6,11-12,14H2,1-2H3,(H,23,27). The van der Waals surface area contributed by atoms with Crippen molar-refractivity contribution in [1.82, 2.24) is 20.1 Å². The second-order valence-corrected chi connectivity index (χ2v) is 8.01. The normalized spacial score (nSPS) is 14.1. The van der Waals surface area contributed by atoms with Gasteiger partial charge in [-0.2, -0.15) is 0 Å². The summed E-state index contributed by atoms with van der Waals surface area (Å²) in [7, 11) is 1.89. The molecule has 0 spiro atoms. The van der Waals surface area contributed by atoms with Crippen LogP contribution in [-0.4, -0.2) is 39.6 Å². The van der Waals surface area contributed by atoms with Crippen molar-refractivity contribution in [3.05, 3.63) is 54.1 Å². The van der Waals surface area contributed by atoms with Gasteiger partial charge < -0.3 is 19.4 Å². The second-order valence-electron chi connectivity index (χ2n) is 7.07. The molecule has 1 aromatic heterocycles. The highest BCUT2D eigenvalue weighted by Crippen LogP contribution is 2.34. The summed E-state index contributed by atoms with van der Waals surface area (Å²) in [6.07, 6.45) is 0.861. The zero-order valence-corrected chi connectivity index (χ0v) is 17.8. The number of thioether (sulfide) groups is 1. The molecule has 1 N–H and O–H groups in total. The van der Waals surface area contributed by atoms with Crippen LogP contribution < -0.4 is 14.8 Å². The van der Waals surface area contributed by atoms with E-state index in [1.54, 1.807) is 0 Å². The van der Waals surface area contributed by atoms with E-state index in [4.69, 9.17) is 9.47 Å². The largest absolute Gasteiger partial charge is 0.490 e. The molecule has 0 saturated carbocycles. The van der Waals surface area contributed by atoms with Gasteiger partial charge in [0.15, 0.2) is 22.5 Å². The van der Waals surface area contributed by atoms with E-state index in [0.717, 1.165) is 29.0 Å². The van der Waals surface area contributed by atoms with Gasteiger partial charge in [-0.25, -0.2) is 0 Å².